The molecule has 0 atom stereocenters. The second kappa shape index (κ2) is 7.07. The molecule has 1 rings (SSSR count). The van der Waals surface area contributed by atoms with Gasteiger partial charge in [0.25, 0.3) is 0 Å². The van der Waals surface area contributed by atoms with Crippen molar-refractivity contribution in [2.75, 3.05) is 20.8 Å². The maximum absolute atomic E-state index is 5.58. The highest BCUT2D eigenvalue weighted by atomic mass is 16.5. The number of ether oxygens (including phenoxy) is 2. The lowest BCUT2D eigenvalue weighted by Crippen LogP contribution is -2.01. The molecular weight excluding hydrogens is 226 g/mol. The number of nitrogens with two attached hydrogens (primary N) is 1. The van der Waals surface area contributed by atoms with Gasteiger partial charge in [-0.1, -0.05) is 19.9 Å². The van der Waals surface area contributed by atoms with Crippen LogP contribution in [0.1, 0.15) is 25.8 Å². The number of allylic oxidation sites excluding steroid dienone is 1. The Balaban J connectivity index is 3.24. The van der Waals surface area contributed by atoms with Crippen molar-refractivity contribution >= 4 is 5.57 Å². The van der Waals surface area contributed by atoms with Gasteiger partial charge in [0.15, 0.2) is 0 Å². The molecule has 18 heavy (non-hydrogen) atoms. The van der Waals surface area contributed by atoms with Gasteiger partial charge in [-0.2, -0.15) is 0 Å². The minimum atomic E-state index is 0.414. The van der Waals surface area contributed by atoms with E-state index in [4.69, 9.17) is 15.2 Å². The summed E-state index contributed by atoms with van der Waals surface area (Å²) in [4.78, 5) is 0. The van der Waals surface area contributed by atoms with E-state index in [-0.39, 0.29) is 0 Å². The maximum atomic E-state index is 5.58. The lowest BCUT2D eigenvalue weighted by Gasteiger charge is -2.16. The standard InChI is InChI=1S/C15H23NO2/c1-11(2)13(6-5-9-16)14-10-12(17-3)7-8-15(14)18-4/h6-8,10-11H,5,9,16H2,1-4H3/b13-6+. The van der Waals surface area contributed by atoms with Gasteiger partial charge in [0.1, 0.15) is 11.5 Å². The van der Waals surface area contributed by atoms with E-state index >= 15 is 0 Å². The van der Waals surface area contributed by atoms with E-state index in [9.17, 15) is 0 Å². The van der Waals surface area contributed by atoms with E-state index < -0.39 is 0 Å². The van der Waals surface area contributed by atoms with Crippen molar-refractivity contribution < 1.29 is 9.47 Å². The Morgan fingerprint density at radius 2 is 2.00 bits per heavy atom. The van der Waals surface area contributed by atoms with Gasteiger partial charge in [0, 0.05) is 5.56 Å². The Kier molecular flexibility index (Phi) is 5.72. The zero-order valence-corrected chi connectivity index (χ0v) is 11.7. The summed E-state index contributed by atoms with van der Waals surface area (Å²) in [5.74, 6) is 2.12. The predicted octanol–water partition coefficient (Wildman–Crippen LogP) is 3.09. The molecule has 3 nitrogen and oxygen atoms in total. The lowest BCUT2D eigenvalue weighted by atomic mass is 9.93. The summed E-state index contributed by atoms with van der Waals surface area (Å²) in [6.45, 7) is 4.99. The Morgan fingerprint density at radius 1 is 1.28 bits per heavy atom. The van der Waals surface area contributed by atoms with Crippen LogP contribution in [-0.4, -0.2) is 20.8 Å². The van der Waals surface area contributed by atoms with E-state index in [0.29, 0.717) is 12.5 Å². The number of benzene rings is 1. The fourth-order valence-electron chi connectivity index (χ4n) is 1.94. The van der Waals surface area contributed by atoms with Crippen molar-refractivity contribution in [1.82, 2.24) is 0 Å². The van der Waals surface area contributed by atoms with E-state index in [1.54, 1.807) is 14.2 Å². The molecule has 1 aromatic rings. The first kappa shape index (κ1) is 14.6. The van der Waals surface area contributed by atoms with Crippen LogP contribution in [-0.2, 0) is 0 Å². The van der Waals surface area contributed by atoms with Crippen LogP contribution in [0.5, 0.6) is 11.5 Å². The number of hydrogen-bond acceptors (Lipinski definition) is 3. The van der Waals surface area contributed by atoms with Gasteiger partial charge in [0.2, 0.25) is 0 Å². The molecule has 0 saturated heterocycles. The van der Waals surface area contributed by atoms with Crippen LogP contribution in [0.25, 0.3) is 5.57 Å². The largest absolute Gasteiger partial charge is 0.497 e. The van der Waals surface area contributed by atoms with Crippen LogP contribution in [0.15, 0.2) is 24.3 Å². The number of methoxy groups -OCH3 is 2. The van der Waals surface area contributed by atoms with Crippen LogP contribution in [0.2, 0.25) is 0 Å². The first-order chi connectivity index (χ1) is 8.63. The van der Waals surface area contributed by atoms with E-state index in [2.05, 4.69) is 19.9 Å². The molecule has 0 saturated carbocycles. The fourth-order valence-corrected chi connectivity index (χ4v) is 1.94. The van der Waals surface area contributed by atoms with Crippen LogP contribution >= 0.6 is 0 Å². The molecule has 3 heteroatoms. The van der Waals surface area contributed by atoms with Crippen molar-refractivity contribution in [3.63, 3.8) is 0 Å². The average Bonchev–Trinajstić information content (AvgIpc) is 2.38. The van der Waals surface area contributed by atoms with Crippen molar-refractivity contribution in [1.29, 1.82) is 0 Å². The molecule has 0 unspecified atom stereocenters. The molecule has 0 bridgehead atoms. The third-order valence-corrected chi connectivity index (χ3v) is 2.87. The molecule has 0 fully saturated rings. The van der Waals surface area contributed by atoms with Gasteiger partial charge in [-0.25, -0.2) is 0 Å². The van der Waals surface area contributed by atoms with E-state index in [0.717, 1.165) is 23.5 Å². The topological polar surface area (TPSA) is 44.5 Å². The first-order valence-electron chi connectivity index (χ1n) is 6.26. The Labute approximate surface area is 110 Å². The SMILES string of the molecule is COc1ccc(OC)c(/C(=C/CCN)C(C)C)c1. The highest BCUT2D eigenvalue weighted by Crippen LogP contribution is 2.34. The minimum absolute atomic E-state index is 0.414. The molecule has 0 aromatic heterocycles. The molecule has 0 aliphatic heterocycles. The smallest absolute Gasteiger partial charge is 0.126 e. The van der Waals surface area contributed by atoms with E-state index in [1.165, 1.54) is 5.57 Å². The average molecular weight is 249 g/mol. The van der Waals surface area contributed by atoms with Gasteiger partial charge < -0.3 is 15.2 Å². The van der Waals surface area contributed by atoms with Gasteiger partial charge in [-0.3, -0.25) is 0 Å². The molecule has 0 spiro atoms. The Hall–Kier alpha value is -1.48. The monoisotopic (exact) mass is 249 g/mol. The number of hydrogen-bond donors (Lipinski definition) is 1. The zero-order valence-electron chi connectivity index (χ0n) is 11.7. The molecule has 0 aliphatic carbocycles. The summed E-state index contributed by atoms with van der Waals surface area (Å²) < 4.78 is 10.7. The Morgan fingerprint density at radius 3 is 2.50 bits per heavy atom. The summed E-state index contributed by atoms with van der Waals surface area (Å²) in [6, 6.07) is 5.86. The normalized spacial score (nSPS) is 11.8. The van der Waals surface area contributed by atoms with Crippen LogP contribution < -0.4 is 15.2 Å². The summed E-state index contributed by atoms with van der Waals surface area (Å²) in [5, 5.41) is 0. The fraction of sp³-hybridized carbons (Fsp3) is 0.467. The molecule has 0 radical (unpaired) electrons. The molecule has 2 N–H and O–H groups in total. The zero-order chi connectivity index (χ0) is 13.5. The molecule has 1 aromatic carbocycles. The van der Waals surface area contributed by atoms with Crippen molar-refractivity contribution in [2.45, 2.75) is 20.3 Å². The van der Waals surface area contributed by atoms with Gasteiger partial charge in [-0.05, 0) is 42.7 Å². The van der Waals surface area contributed by atoms with E-state index in [1.807, 2.05) is 18.2 Å². The predicted molar refractivity (Wildman–Crippen MR) is 76.0 cm³/mol. The van der Waals surface area contributed by atoms with Gasteiger partial charge >= 0.3 is 0 Å². The quantitative estimate of drug-likeness (QED) is 0.842. The minimum Gasteiger partial charge on any atom is -0.497 e. The van der Waals surface area contributed by atoms with Crippen LogP contribution in [0.4, 0.5) is 0 Å². The van der Waals surface area contributed by atoms with Crippen LogP contribution in [0.3, 0.4) is 0 Å². The van der Waals surface area contributed by atoms with Crippen molar-refractivity contribution in [3.05, 3.63) is 29.8 Å². The third kappa shape index (κ3) is 3.50. The lowest BCUT2D eigenvalue weighted by molar-refractivity contribution is 0.401. The third-order valence-electron chi connectivity index (χ3n) is 2.87. The highest BCUT2D eigenvalue weighted by Gasteiger charge is 2.12. The summed E-state index contributed by atoms with van der Waals surface area (Å²) in [7, 11) is 3.36. The van der Waals surface area contributed by atoms with Gasteiger partial charge in [-0.15, -0.1) is 0 Å². The maximum Gasteiger partial charge on any atom is 0.126 e. The molecule has 0 amide bonds. The molecular formula is C15H23NO2. The summed E-state index contributed by atoms with van der Waals surface area (Å²) >= 11 is 0. The van der Waals surface area contributed by atoms with Crippen molar-refractivity contribution in [2.24, 2.45) is 11.7 Å². The second-order valence-electron chi connectivity index (χ2n) is 4.46. The Bertz CT molecular complexity index is 411. The highest BCUT2D eigenvalue weighted by molar-refractivity contribution is 5.73. The van der Waals surface area contributed by atoms with Crippen molar-refractivity contribution in [3.8, 4) is 11.5 Å². The van der Waals surface area contributed by atoms with Gasteiger partial charge in [0.05, 0.1) is 14.2 Å². The molecule has 0 heterocycles. The number of rotatable bonds is 6. The summed E-state index contributed by atoms with van der Waals surface area (Å²) in [6.07, 6.45) is 3.05. The van der Waals surface area contributed by atoms with Crippen LogP contribution in [0, 0.1) is 5.92 Å². The second-order valence-corrected chi connectivity index (χ2v) is 4.46. The first-order valence-corrected chi connectivity index (χ1v) is 6.26. The molecule has 100 valence electrons. The summed E-state index contributed by atoms with van der Waals surface area (Å²) in [5.41, 5.74) is 7.91. The molecule has 0 aliphatic rings.